The Labute approximate surface area is 197 Å². The fourth-order valence-corrected chi connectivity index (χ4v) is 4.76. The highest BCUT2D eigenvalue weighted by molar-refractivity contribution is 8.04. The van der Waals surface area contributed by atoms with E-state index in [-0.39, 0.29) is 17.5 Å². The molecule has 3 aromatic carbocycles. The number of thioether (sulfide) groups is 1. The number of halogens is 1. The normalized spacial score (nSPS) is 13.8. The van der Waals surface area contributed by atoms with Gasteiger partial charge in [0.15, 0.2) is 0 Å². The first-order chi connectivity index (χ1) is 15.2. The zero-order valence-electron chi connectivity index (χ0n) is 18.3. The Morgan fingerprint density at radius 2 is 1.44 bits per heavy atom. The predicted octanol–water partition coefficient (Wildman–Crippen LogP) is 6.56. The maximum atomic E-state index is 13.6. The highest BCUT2D eigenvalue weighted by atomic mass is 35.5. The van der Waals surface area contributed by atoms with Gasteiger partial charge in [-0.05, 0) is 92.4 Å². The van der Waals surface area contributed by atoms with Crippen LogP contribution in [0, 0.1) is 27.7 Å². The standard InChI is InChI=1S/C26H23ClN2O2S/c1-15-5-6-18(4)22(14-15)29-25(30)23(28-20-12-16(2)11-17(3)13-20)24(26(29)31)32-21-9-7-19(27)8-10-21/h5-14,28H,1-4H3. The van der Waals surface area contributed by atoms with Crippen LogP contribution in [0.5, 0.6) is 0 Å². The van der Waals surface area contributed by atoms with Crippen molar-refractivity contribution in [3.05, 3.63) is 98.5 Å². The highest BCUT2D eigenvalue weighted by Gasteiger charge is 2.40. The molecule has 0 aliphatic carbocycles. The van der Waals surface area contributed by atoms with E-state index in [2.05, 4.69) is 11.4 Å². The number of rotatable bonds is 5. The molecule has 0 bridgehead atoms. The van der Waals surface area contributed by atoms with E-state index in [9.17, 15) is 9.59 Å². The molecular weight excluding hydrogens is 440 g/mol. The molecule has 3 aromatic rings. The van der Waals surface area contributed by atoms with Gasteiger partial charge in [-0.3, -0.25) is 9.59 Å². The number of nitrogens with one attached hydrogen (secondary N) is 1. The monoisotopic (exact) mass is 462 g/mol. The molecule has 1 aliphatic heterocycles. The summed E-state index contributed by atoms with van der Waals surface area (Å²) in [6, 6.07) is 19.0. The second-order valence-corrected chi connectivity index (χ2v) is 9.52. The summed E-state index contributed by atoms with van der Waals surface area (Å²) in [4.78, 5) is 29.6. The third-order valence-corrected chi connectivity index (χ3v) is 6.51. The third kappa shape index (κ3) is 4.45. The van der Waals surface area contributed by atoms with Crippen molar-refractivity contribution in [3.63, 3.8) is 0 Å². The van der Waals surface area contributed by atoms with E-state index in [1.165, 1.54) is 16.7 Å². The number of carbonyl (C=O) groups excluding carboxylic acids is 2. The average molecular weight is 463 g/mol. The summed E-state index contributed by atoms with van der Waals surface area (Å²) in [5, 5.41) is 3.85. The second kappa shape index (κ2) is 8.85. The van der Waals surface area contributed by atoms with Crippen molar-refractivity contribution < 1.29 is 9.59 Å². The molecule has 0 aromatic heterocycles. The Morgan fingerprint density at radius 3 is 2.09 bits per heavy atom. The lowest BCUT2D eigenvalue weighted by atomic mass is 10.1. The first-order valence-corrected chi connectivity index (χ1v) is 11.4. The summed E-state index contributed by atoms with van der Waals surface area (Å²) in [7, 11) is 0. The van der Waals surface area contributed by atoms with Gasteiger partial charge in [-0.25, -0.2) is 4.90 Å². The average Bonchev–Trinajstić information content (AvgIpc) is 2.95. The summed E-state index contributed by atoms with van der Waals surface area (Å²) < 4.78 is 0. The Hall–Kier alpha value is -3.02. The van der Waals surface area contributed by atoms with Gasteiger partial charge in [0.25, 0.3) is 11.8 Å². The lowest BCUT2D eigenvalue weighted by Gasteiger charge is -2.18. The van der Waals surface area contributed by atoms with Crippen molar-refractivity contribution in [2.24, 2.45) is 0 Å². The van der Waals surface area contributed by atoms with Gasteiger partial charge < -0.3 is 5.32 Å². The lowest BCUT2D eigenvalue weighted by Crippen LogP contribution is -2.33. The van der Waals surface area contributed by atoms with Crippen LogP contribution in [0.3, 0.4) is 0 Å². The second-order valence-electron chi connectivity index (χ2n) is 8.00. The smallest absolute Gasteiger partial charge is 0.283 e. The molecule has 32 heavy (non-hydrogen) atoms. The molecule has 1 heterocycles. The van der Waals surface area contributed by atoms with Crippen molar-refractivity contribution in [1.29, 1.82) is 0 Å². The minimum Gasteiger partial charge on any atom is -0.350 e. The predicted molar refractivity (Wildman–Crippen MR) is 132 cm³/mol. The number of imide groups is 1. The molecule has 1 N–H and O–H groups in total. The van der Waals surface area contributed by atoms with Crippen LogP contribution in [0.25, 0.3) is 0 Å². The largest absolute Gasteiger partial charge is 0.350 e. The first kappa shape index (κ1) is 22.2. The molecule has 2 amide bonds. The molecule has 0 radical (unpaired) electrons. The first-order valence-electron chi connectivity index (χ1n) is 10.2. The van der Waals surface area contributed by atoms with E-state index in [1.54, 1.807) is 12.1 Å². The summed E-state index contributed by atoms with van der Waals surface area (Å²) in [5.74, 6) is -0.699. The molecule has 0 atom stereocenters. The lowest BCUT2D eigenvalue weighted by molar-refractivity contribution is -0.120. The van der Waals surface area contributed by atoms with Crippen LogP contribution in [-0.4, -0.2) is 11.8 Å². The zero-order valence-corrected chi connectivity index (χ0v) is 19.9. The van der Waals surface area contributed by atoms with Crippen molar-refractivity contribution in [2.45, 2.75) is 32.6 Å². The molecule has 4 rings (SSSR count). The van der Waals surface area contributed by atoms with Crippen molar-refractivity contribution in [3.8, 4) is 0 Å². The van der Waals surface area contributed by atoms with Gasteiger partial charge in [0.2, 0.25) is 0 Å². The van der Waals surface area contributed by atoms with E-state index >= 15 is 0 Å². The van der Waals surface area contributed by atoms with Crippen molar-refractivity contribution in [2.75, 3.05) is 10.2 Å². The van der Waals surface area contributed by atoms with Crippen LogP contribution in [0.1, 0.15) is 22.3 Å². The number of hydrogen-bond acceptors (Lipinski definition) is 4. The Morgan fingerprint density at radius 1 is 0.781 bits per heavy atom. The molecule has 1 aliphatic rings. The van der Waals surface area contributed by atoms with Crippen LogP contribution in [-0.2, 0) is 9.59 Å². The van der Waals surface area contributed by atoms with Gasteiger partial charge in [0, 0.05) is 15.6 Å². The summed E-state index contributed by atoms with van der Waals surface area (Å²) in [6.45, 7) is 7.84. The number of benzene rings is 3. The van der Waals surface area contributed by atoms with Gasteiger partial charge in [0.1, 0.15) is 10.6 Å². The zero-order chi connectivity index (χ0) is 23.0. The van der Waals surface area contributed by atoms with Gasteiger partial charge in [-0.1, -0.05) is 41.6 Å². The minimum atomic E-state index is -0.362. The number of carbonyl (C=O) groups is 2. The van der Waals surface area contributed by atoms with Gasteiger partial charge in [-0.2, -0.15) is 0 Å². The quantitative estimate of drug-likeness (QED) is 0.436. The fraction of sp³-hybridized carbons (Fsp3) is 0.154. The van der Waals surface area contributed by atoms with E-state index < -0.39 is 0 Å². The molecular formula is C26H23ClN2O2S. The number of aryl methyl sites for hydroxylation is 4. The Balaban J connectivity index is 1.79. The van der Waals surface area contributed by atoms with Crippen LogP contribution >= 0.6 is 23.4 Å². The highest BCUT2D eigenvalue weighted by Crippen LogP contribution is 2.39. The Bertz CT molecular complexity index is 1250. The summed E-state index contributed by atoms with van der Waals surface area (Å²) in [5.41, 5.74) is 5.64. The summed E-state index contributed by atoms with van der Waals surface area (Å²) in [6.07, 6.45) is 0. The topological polar surface area (TPSA) is 49.4 Å². The van der Waals surface area contributed by atoms with Gasteiger partial charge in [0.05, 0.1) is 5.69 Å². The number of hydrogen-bond donors (Lipinski definition) is 1. The minimum absolute atomic E-state index is 0.279. The maximum absolute atomic E-state index is 13.6. The van der Waals surface area contributed by atoms with E-state index in [0.29, 0.717) is 15.6 Å². The Kier molecular flexibility index (Phi) is 6.13. The van der Waals surface area contributed by atoms with Gasteiger partial charge in [-0.15, -0.1) is 0 Å². The van der Waals surface area contributed by atoms with Gasteiger partial charge >= 0.3 is 0 Å². The fourth-order valence-electron chi connectivity index (χ4n) is 3.71. The molecule has 0 saturated heterocycles. The molecule has 162 valence electrons. The van der Waals surface area contributed by atoms with Crippen LogP contribution in [0.4, 0.5) is 11.4 Å². The number of anilines is 2. The van der Waals surface area contributed by atoms with Crippen LogP contribution in [0.2, 0.25) is 5.02 Å². The SMILES string of the molecule is Cc1cc(C)cc(NC2=C(Sc3ccc(Cl)cc3)C(=O)N(c3cc(C)ccc3C)C2=O)c1. The molecule has 0 saturated carbocycles. The maximum Gasteiger partial charge on any atom is 0.283 e. The van der Waals surface area contributed by atoms with Crippen molar-refractivity contribution in [1.82, 2.24) is 0 Å². The molecule has 0 spiro atoms. The van der Waals surface area contributed by atoms with E-state index in [0.717, 1.165) is 32.8 Å². The number of amides is 2. The molecule has 6 heteroatoms. The van der Waals surface area contributed by atoms with E-state index in [4.69, 9.17) is 11.6 Å². The third-order valence-electron chi connectivity index (χ3n) is 5.17. The molecule has 4 nitrogen and oxygen atoms in total. The van der Waals surface area contributed by atoms with Crippen LogP contribution < -0.4 is 10.2 Å². The molecule has 0 fully saturated rings. The van der Waals surface area contributed by atoms with E-state index in [1.807, 2.05) is 70.2 Å². The van der Waals surface area contributed by atoms with Crippen molar-refractivity contribution >= 4 is 46.6 Å². The van der Waals surface area contributed by atoms with Crippen LogP contribution in [0.15, 0.2) is 76.2 Å². The number of nitrogens with zero attached hydrogens (tertiary/aromatic N) is 1. The summed E-state index contributed by atoms with van der Waals surface area (Å²) >= 11 is 7.28. The molecule has 0 unspecified atom stereocenters.